The molecule has 0 fully saturated rings. The van der Waals surface area contributed by atoms with E-state index in [-0.39, 0.29) is 48.7 Å². The predicted octanol–water partition coefficient (Wildman–Crippen LogP) is 2.14. The third-order valence-electron chi connectivity index (χ3n) is 7.19. The summed E-state index contributed by atoms with van der Waals surface area (Å²) >= 11 is 0. The van der Waals surface area contributed by atoms with Crippen molar-refractivity contribution >= 4 is 33.3 Å². The zero-order chi connectivity index (χ0) is 30.8. The van der Waals surface area contributed by atoms with Gasteiger partial charge in [0.05, 0.1) is 31.9 Å². The van der Waals surface area contributed by atoms with Gasteiger partial charge in [0.25, 0.3) is 10.0 Å². The second-order valence-electron chi connectivity index (χ2n) is 10.7. The Hall–Kier alpha value is -4.11. The van der Waals surface area contributed by atoms with Gasteiger partial charge in [-0.15, -0.1) is 0 Å². The van der Waals surface area contributed by atoms with E-state index < -0.39 is 28.2 Å². The van der Waals surface area contributed by atoms with Gasteiger partial charge in [0.15, 0.2) is 10.8 Å². The second kappa shape index (κ2) is 12.4. The van der Waals surface area contributed by atoms with E-state index in [0.717, 1.165) is 0 Å². The van der Waals surface area contributed by atoms with Gasteiger partial charge in [-0.1, -0.05) is 12.1 Å². The van der Waals surface area contributed by atoms with Crippen molar-refractivity contribution in [2.75, 3.05) is 36.8 Å². The zero-order valence-corrected chi connectivity index (χ0v) is 25.3. The molecule has 42 heavy (non-hydrogen) atoms. The predicted molar refractivity (Wildman–Crippen MR) is 154 cm³/mol. The summed E-state index contributed by atoms with van der Waals surface area (Å²) in [7, 11) is -0.675. The van der Waals surface area contributed by atoms with Crippen LogP contribution in [0, 0.1) is 19.8 Å². The Labute approximate surface area is 244 Å². The Balaban J connectivity index is 1.62. The van der Waals surface area contributed by atoms with Gasteiger partial charge < -0.3 is 34.1 Å². The summed E-state index contributed by atoms with van der Waals surface area (Å²) in [5.74, 6) is 0.379. The van der Waals surface area contributed by atoms with Crippen molar-refractivity contribution in [2.45, 2.75) is 51.3 Å². The van der Waals surface area contributed by atoms with E-state index in [1.54, 1.807) is 58.0 Å². The fraction of sp³-hybridized carbons (Fsp3) is 0.481. The maximum Gasteiger partial charge on any atom is 0.321 e. The number of nitrogens with one attached hydrogen (secondary N) is 2. The number of carbonyl (C=O) groups is 2. The van der Waals surface area contributed by atoms with Crippen molar-refractivity contribution in [3.8, 4) is 5.75 Å². The molecule has 0 saturated carbocycles. The number of urea groups is 1. The average Bonchev–Trinajstić information content (AvgIpc) is 3.53. The van der Waals surface area contributed by atoms with E-state index in [4.69, 9.17) is 9.26 Å². The Morgan fingerprint density at radius 3 is 2.67 bits per heavy atom. The van der Waals surface area contributed by atoms with Crippen LogP contribution in [0.2, 0.25) is 0 Å². The molecule has 0 spiro atoms. The first-order valence-corrected chi connectivity index (χ1v) is 14.9. The van der Waals surface area contributed by atoms with E-state index in [0.29, 0.717) is 28.5 Å². The highest BCUT2D eigenvalue weighted by Gasteiger charge is 2.32. The molecule has 1 aliphatic heterocycles. The van der Waals surface area contributed by atoms with Crippen LogP contribution < -0.4 is 14.8 Å². The molecule has 2 aromatic heterocycles. The third kappa shape index (κ3) is 6.85. The summed E-state index contributed by atoms with van der Waals surface area (Å²) in [4.78, 5) is 33.5. The number of aryl methyl sites for hydroxylation is 3. The molecule has 0 saturated heterocycles. The molecule has 3 aromatic rings. The fourth-order valence-electron chi connectivity index (χ4n) is 4.66. The van der Waals surface area contributed by atoms with Crippen LogP contribution in [0.15, 0.2) is 40.3 Å². The summed E-state index contributed by atoms with van der Waals surface area (Å²) in [6, 6.07) is 3.85. The number of nitrogens with zero attached hydrogens (tertiary/aromatic N) is 5. The quantitative estimate of drug-likeness (QED) is 0.349. The highest BCUT2D eigenvalue weighted by molar-refractivity contribution is 7.92. The molecule has 1 aromatic carbocycles. The number of aliphatic hydroxyl groups excluding tert-OH is 1. The third-order valence-corrected chi connectivity index (χ3v) is 8.46. The lowest BCUT2D eigenvalue weighted by atomic mass is 10.0. The van der Waals surface area contributed by atoms with Crippen molar-refractivity contribution in [1.29, 1.82) is 0 Å². The number of anilines is 2. The number of ether oxygens (including phenoxy) is 1. The number of fused-ring (bicyclic) bond motifs is 1. The lowest BCUT2D eigenvalue weighted by Crippen LogP contribution is -2.48. The summed E-state index contributed by atoms with van der Waals surface area (Å²) in [6.45, 7) is 7.30. The number of imidazole rings is 1. The lowest BCUT2D eigenvalue weighted by molar-refractivity contribution is -0.134. The fourth-order valence-corrected chi connectivity index (χ4v) is 5.70. The van der Waals surface area contributed by atoms with Gasteiger partial charge in [-0.3, -0.25) is 9.52 Å². The first-order valence-electron chi connectivity index (χ1n) is 13.4. The van der Waals surface area contributed by atoms with Gasteiger partial charge >= 0.3 is 6.03 Å². The van der Waals surface area contributed by atoms with Crippen LogP contribution in [-0.2, 0) is 28.3 Å². The maximum atomic E-state index is 13.4. The standard InChI is InChI=1S/C27H37N7O7S/c1-16-11-34(17(2)14-35)25(36)10-20-9-21(31-42(38,39)24-13-32(5)15-28-24)7-8-22(20)40-23(16)12-33(6)27(37)29-26-18(3)30-41-19(26)4/h7-9,13,15-17,23,31,35H,10-12,14H2,1-6H3,(H,29,37)/t16-,17-,23+/m1/s1. The van der Waals surface area contributed by atoms with Crippen LogP contribution in [0.3, 0.4) is 0 Å². The molecule has 0 unspecified atom stereocenters. The van der Waals surface area contributed by atoms with Gasteiger partial charge in [-0.2, -0.15) is 8.42 Å². The molecule has 0 radical (unpaired) electrons. The monoisotopic (exact) mass is 603 g/mol. The highest BCUT2D eigenvalue weighted by Crippen LogP contribution is 2.30. The smallest absolute Gasteiger partial charge is 0.321 e. The van der Waals surface area contributed by atoms with E-state index in [1.165, 1.54) is 22.0 Å². The Morgan fingerprint density at radius 2 is 2.05 bits per heavy atom. The minimum Gasteiger partial charge on any atom is -0.488 e. The number of rotatable bonds is 8. The van der Waals surface area contributed by atoms with Crippen molar-refractivity contribution in [1.82, 2.24) is 24.5 Å². The topological polar surface area (TPSA) is 172 Å². The SMILES string of the molecule is Cc1noc(C)c1NC(=O)N(C)C[C@@H]1Oc2ccc(NS(=O)(=O)c3cn(C)cn3)cc2CC(=O)N([C@H](C)CO)C[C@H]1C. The summed E-state index contributed by atoms with van der Waals surface area (Å²) in [6.07, 6.45) is 2.13. The van der Waals surface area contributed by atoms with Crippen LogP contribution in [0.1, 0.15) is 30.9 Å². The van der Waals surface area contributed by atoms with Gasteiger partial charge in [0.2, 0.25) is 5.91 Å². The largest absolute Gasteiger partial charge is 0.488 e. The number of aliphatic hydroxyl groups is 1. The molecule has 15 heteroatoms. The Morgan fingerprint density at radius 1 is 1.31 bits per heavy atom. The number of hydrogen-bond donors (Lipinski definition) is 3. The van der Waals surface area contributed by atoms with Crippen molar-refractivity contribution in [2.24, 2.45) is 13.0 Å². The summed E-state index contributed by atoms with van der Waals surface area (Å²) < 4.78 is 41.3. The maximum absolute atomic E-state index is 13.4. The average molecular weight is 604 g/mol. The normalized spacial score (nSPS) is 18.3. The second-order valence-corrected chi connectivity index (χ2v) is 12.3. The minimum atomic E-state index is -3.97. The van der Waals surface area contributed by atoms with E-state index in [9.17, 15) is 23.1 Å². The molecule has 3 heterocycles. The molecule has 228 valence electrons. The van der Waals surface area contributed by atoms with E-state index in [1.807, 2.05) is 6.92 Å². The summed E-state index contributed by atoms with van der Waals surface area (Å²) in [5.41, 5.74) is 1.74. The molecule has 4 rings (SSSR count). The van der Waals surface area contributed by atoms with Crippen LogP contribution in [0.5, 0.6) is 5.75 Å². The minimum absolute atomic E-state index is 0.0827. The van der Waals surface area contributed by atoms with Crippen LogP contribution in [-0.4, -0.2) is 88.9 Å². The first-order chi connectivity index (χ1) is 19.8. The Bertz CT molecular complexity index is 1530. The number of carbonyl (C=O) groups excluding carboxylic acids is 2. The molecule has 0 bridgehead atoms. The van der Waals surface area contributed by atoms with Crippen LogP contribution >= 0.6 is 0 Å². The molecule has 0 aliphatic carbocycles. The number of sulfonamides is 1. The number of benzene rings is 1. The number of aromatic nitrogens is 3. The molecule has 1 aliphatic rings. The molecule has 3 N–H and O–H groups in total. The van der Waals surface area contributed by atoms with Crippen molar-refractivity contribution in [3.05, 3.63) is 47.7 Å². The number of hydrogen-bond acceptors (Lipinski definition) is 9. The molecule has 3 amide bonds. The molecular formula is C27H37N7O7S. The van der Waals surface area contributed by atoms with E-state index >= 15 is 0 Å². The Kier molecular flexibility index (Phi) is 9.11. The first kappa shape index (κ1) is 30.8. The van der Waals surface area contributed by atoms with Crippen LogP contribution in [0.25, 0.3) is 0 Å². The number of likely N-dealkylation sites (N-methyl/N-ethyl adjacent to an activating group) is 1. The zero-order valence-electron chi connectivity index (χ0n) is 24.5. The van der Waals surface area contributed by atoms with Gasteiger partial charge in [0.1, 0.15) is 23.2 Å². The van der Waals surface area contributed by atoms with E-state index in [2.05, 4.69) is 20.2 Å². The van der Waals surface area contributed by atoms with Gasteiger partial charge in [0, 0.05) is 44.0 Å². The highest BCUT2D eigenvalue weighted by atomic mass is 32.2. The molecular weight excluding hydrogens is 566 g/mol. The summed E-state index contributed by atoms with van der Waals surface area (Å²) in [5, 5.41) is 16.4. The van der Waals surface area contributed by atoms with Crippen LogP contribution in [0.4, 0.5) is 16.2 Å². The number of amides is 3. The molecule has 3 atom stereocenters. The van der Waals surface area contributed by atoms with Crippen molar-refractivity contribution < 1.29 is 32.4 Å². The van der Waals surface area contributed by atoms with Crippen molar-refractivity contribution in [3.63, 3.8) is 0 Å². The van der Waals surface area contributed by atoms with Gasteiger partial charge in [-0.25, -0.2) is 9.78 Å². The molecule has 14 nitrogen and oxygen atoms in total. The lowest BCUT2D eigenvalue weighted by Gasteiger charge is -2.34. The van der Waals surface area contributed by atoms with Gasteiger partial charge in [-0.05, 0) is 39.0 Å².